The molecule has 1 heterocycles. The van der Waals surface area contributed by atoms with Crippen molar-refractivity contribution in [2.24, 2.45) is 0 Å². The summed E-state index contributed by atoms with van der Waals surface area (Å²) in [4.78, 5) is 2.30. The zero-order valence-electron chi connectivity index (χ0n) is 10.5. The van der Waals surface area contributed by atoms with Gasteiger partial charge in [-0.25, -0.2) is 0 Å². The molecule has 3 N–H and O–H groups in total. The zero-order chi connectivity index (χ0) is 13.0. The first-order valence-corrected chi connectivity index (χ1v) is 6.43. The van der Waals surface area contributed by atoms with Crippen molar-refractivity contribution in [3.05, 3.63) is 23.8 Å². The van der Waals surface area contributed by atoms with Crippen LogP contribution < -0.4 is 10.6 Å². The van der Waals surface area contributed by atoms with Gasteiger partial charge in [0.25, 0.3) is 0 Å². The summed E-state index contributed by atoms with van der Waals surface area (Å²) in [5, 5.41) is 18.0. The normalized spacial score (nSPS) is 19.6. The monoisotopic (exact) mass is 245 g/mol. The molecule has 18 heavy (non-hydrogen) atoms. The smallest absolute Gasteiger partial charge is 0.101 e. The predicted molar refractivity (Wildman–Crippen MR) is 72.3 cm³/mol. The minimum Gasteiger partial charge on any atom is -0.398 e. The van der Waals surface area contributed by atoms with E-state index in [1.54, 1.807) is 6.07 Å². The van der Waals surface area contributed by atoms with Crippen molar-refractivity contribution < 1.29 is 5.11 Å². The maximum Gasteiger partial charge on any atom is 0.101 e. The maximum absolute atomic E-state index is 9.13. The molecule has 0 saturated carbocycles. The Morgan fingerprint density at radius 3 is 2.94 bits per heavy atom. The summed E-state index contributed by atoms with van der Waals surface area (Å²) in [6, 6.07) is 8.05. The molecule has 1 unspecified atom stereocenters. The molecule has 1 atom stereocenters. The molecule has 1 aromatic carbocycles. The fourth-order valence-electron chi connectivity index (χ4n) is 2.62. The molecule has 4 nitrogen and oxygen atoms in total. The van der Waals surface area contributed by atoms with E-state index in [9.17, 15) is 0 Å². The van der Waals surface area contributed by atoms with Crippen LogP contribution >= 0.6 is 0 Å². The summed E-state index contributed by atoms with van der Waals surface area (Å²) in [5.41, 5.74) is 7.97. The third kappa shape index (κ3) is 2.57. The van der Waals surface area contributed by atoms with E-state index in [1.165, 1.54) is 12.8 Å². The van der Waals surface area contributed by atoms with Gasteiger partial charge in [-0.2, -0.15) is 5.26 Å². The average Bonchev–Trinajstić information content (AvgIpc) is 2.40. The number of hydrogen-bond acceptors (Lipinski definition) is 4. The van der Waals surface area contributed by atoms with Crippen LogP contribution in [0.25, 0.3) is 0 Å². The van der Waals surface area contributed by atoms with Gasteiger partial charge in [-0.1, -0.05) is 0 Å². The van der Waals surface area contributed by atoms with E-state index >= 15 is 0 Å². The first kappa shape index (κ1) is 12.7. The number of nitriles is 1. The van der Waals surface area contributed by atoms with Gasteiger partial charge in [-0.15, -0.1) is 0 Å². The van der Waals surface area contributed by atoms with Gasteiger partial charge < -0.3 is 15.7 Å². The Morgan fingerprint density at radius 1 is 1.44 bits per heavy atom. The van der Waals surface area contributed by atoms with Crippen LogP contribution in [0.1, 0.15) is 31.2 Å². The van der Waals surface area contributed by atoms with Gasteiger partial charge >= 0.3 is 0 Å². The van der Waals surface area contributed by atoms with Gasteiger partial charge in [-0.05, 0) is 43.9 Å². The van der Waals surface area contributed by atoms with Crippen molar-refractivity contribution in [3.63, 3.8) is 0 Å². The van der Waals surface area contributed by atoms with Crippen molar-refractivity contribution >= 4 is 11.4 Å². The standard InChI is InChI=1S/C14H19N3O/c15-10-11-4-5-13(9-14(11)16)17-7-2-1-3-12(17)6-8-18/h4-5,9,12,18H,1-3,6-8,16H2. The summed E-state index contributed by atoms with van der Waals surface area (Å²) in [6.07, 6.45) is 4.29. The Kier molecular flexibility index (Phi) is 4.06. The second kappa shape index (κ2) is 5.74. The SMILES string of the molecule is N#Cc1ccc(N2CCCCC2CCO)cc1N. The lowest BCUT2D eigenvalue weighted by atomic mass is 9.98. The largest absolute Gasteiger partial charge is 0.398 e. The molecule has 96 valence electrons. The molecular weight excluding hydrogens is 226 g/mol. The minimum atomic E-state index is 0.215. The molecule has 4 heteroatoms. The summed E-state index contributed by atoms with van der Waals surface area (Å²) >= 11 is 0. The summed E-state index contributed by atoms with van der Waals surface area (Å²) in [6.45, 7) is 1.21. The minimum absolute atomic E-state index is 0.215. The average molecular weight is 245 g/mol. The molecule has 1 aliphatic rings. The molecule has 1 aliphatic heterocycles. The lowest BCUT2D eigenvalue weighted by molar-refractivity contribution is 0.262. The third-order valence-electron chi connectivity index (χ3n) is 3.58. The van der Waals surface area contributed by atoms with Gasteiger partial charge in [0.05, 0.1) is 11.3 Å². The van der Waals surface area contributed by atoms with E-state index in [4.69, 9.17) is 16.1 Å². The Morgan fingerprint density at radius 2 is 2.28 bits per heavy atom. The molecule has 1 aromatic rings. The van der Waals surface area contributed by atoms with Gasteiger partial charge in [0.1, 0.15) is 6.07 Å². The van der Waals surface area contributed by atoms with E-state index < -0.39 is 0 Å². The summed E-state index contributed by atoms with van der Waals surface area (Å²) in [5.74, 6) is 0. The molecule has 0 radical (unpaired) electrons. The van der Waals surface area contributed by atoms with Gasteiger partial charge in [0.2, 0.25) is 0 Å². The number of aliphatic hydroxyl groups is 1. The van der Waals surface area contributed by atoms with E-state index in [1.807, 2.05) is 12.1 Å². The molecule has 2 rings (SSSR count). The van der Waals surface area contributed by atoms with E-state index in [-0.39, 0.29) is 6.61 Å². The fraction of sp³-hybridized carbons (Fsp3) is 0.500. The highest BCUT2D eigenvalue weighted by molar-refractivity contribution is 5.64. The van der Waals surface area contributed by atoms with Crippen LogP contribution in [-0.4, -0.2) is 24.3 Å². The quantitative estimate of drug-likeness (QED) is 0.797. The van der Waals surface area contributed by atoms with Gasteiger partial charge in [0, 0.05) is 24.9 Å². The zero-order valence-corrected chi connectivity index (χ0v) is 10.5. The third-order valence-corrected chi connectivity index (χ3v) is 3.58. The number of anilines is 2. The van der Waals surface area contributed by atoms with Crippen molar-refractivity contribution in [1.29, 1.82) is 5.26 Å². The van der Waals surface area contributed by atoms with E-state index in [0.717, 1.165) is 25.1 Å². The number of nitrogens with zero attached hydrogens (tertiary/aromatic N) is 2. The number of aliphatic hydroxyl groups excluding tert-OH is 1. The fourth-order valence-corrected chi connectivity index (χ4v) is 2.62. The topological polar surface area (TPSA) is 73.3 Å². The van der Waals surface area contributed by atoms with Crippen molar-refractivity contribution in [3.8, 4) is 6.07 Å². The first-order chi connectivity index (χ1) is 8.76. The summed E-state index contributed by atoms with van der Waals surface area (Å²) in [7, 11) is 0. The lowest BCUT2D eigenvalue weighted by Gasteiger charge is -2.37. The van der Waals surface area contributed by atoms with E-state index in [2.05, 4.69) is 11.0 Å². The van der Waals surface area contributed by atoms with Crippen molar-refractivity contribution in [2.45, 2.75) is 31.7 Å². The number of nitrogens with two attached hydrogens (primary N) is 1. The van der Waals surface area contributed by atoms with Gasteiger partial charge in [-0.3, -0.25) is 0 Å². The van der Waals surface area contributed by atoms with Gasteiger partial charge in [0.15, 0.2) is 0 Å². The molecule has 0 aliphatic carbocycles. The van der Waals surface area contributed by atoms with Crippen LogP contribution in [0.2, 0.25) is 0 Å². The Hall–Kier alpha value is -1.73. The highest BCUT2D eigenvalue weighted by Crippen LogP contribution is 2.28. The molecule has 1 fully saturated rings. The highest BCUT2D eigenvalue weighted by Gasteiger charge is 2.22. The van der Waals surface area contributed by atoms with Crippen molar-refractivity contribution in [1.82, 2.24) is 0 Å². The first-order valence-electron chi connectivity index (χ1n) is 6.43. The number of rotatable bonds is 3. The van der Waals surface area contributed by atoms with Crippen LogP contribution in [-0.2, 0) is 0 Å². The second-order valence-electron chi connectivity index (χ2n) is 4.74. The summed E-state index contributed by atoms with van der Waals surface area (Å²) < 4.78 is 0. The molecule has 0 amide bonds. The number of piperidine rings is 1. The maximum atomic E-state index is 9.13. The van der Waals surface area contributed by atoms with E-state index in [0.29, 0.717) is 17.3 Å². The lowest BCUT2D eigenvalue weighted by Crippen LogP contribution is -2.40. The molecule has 1 saturated heterocycles. The van der Waals surface area contributed by atoms with Crippen LogP contribution in [0.15, 0.2) is 18.2 Å². The van der Waals surface area contributed by atoms with Crippen LogP contribution in [0.3, 0.4) is 0 Å². The number of benzene rings is 1. The Balaban J connectivity index is 2.23. The molecular formula is C14H19N3O. The molecule has 0 aromatic heterocycles. The highest BCUT2D eigenvalue weighted by atomic mass is 16.3. The Bertz CT molecular complexity index is 451. The molecule has 0 spiro atoms. The molecule has 0 bridgehead atoms. The number of nitrogen functional groups attached to an aromatic ring is 1. The predicted octanol–water partition coefficient (Wildman–Crippen LogP) is 1.88. The van der Waals surface area contributed by atoms with Crippen molar-refractivity contribution in [2.75, 3.05) is 23.8 Å². The van der Waals surface area contributed by atoms with Crippen LogP contribution in [0.4, 0.5) is 11.4 Å². The van der Waals surface area contributed by atoms with Crippen LogP contribution in [0.5, 0.6) is 0 Å². The van der Waals surface area contributed by atoms with Crippen LogP contribution in [0, 0.1) is 11.3 Å². The second-order valence-corrected chi connectivity index (χ2v) is 4.74. The number of hydrogen-bond donors (Lipinski definition) is 2. The Labute approximate surface area is 108 Å².